The second kappa shape index (κ2) is 11.9. The fourth-order valence-corrected chi connectivity index (χ4v) is 5.78. The molecule has 0 unspecified atom stereocenters. The summed E-state index contributed by atoms with van der Waals surface area (Å²) in [6, 6.07) is 27.1. The monoisotopic (exact) mass is 550 g/mol. The highest BCUT2D eigenvalue weighted by atomic mass is 16.7. The Labute approximate surface area is 240 Å². The van der Waals surface area contributed by atoms with E-state index in [0.717, 1.165) is 59.3 Å². The second-order valence-electron chi connectivity index (χ2n) is 10.6. The van der Waals surface area contributed by atoms with E-state index in [1.807, 2.05) is 86.6 Å². The van der Waals surface area contributed by atoms with E-state index in [1.165, 1.54) is 12.5 Å². The van der Waals surface area contributed by atoms with Crippen molar-refractivity contribution in [3.05, 3.63) is 107 Å². The van der Waals surface area contributed by atoms with Gasteiger partial charge in [0.25, 0.3) is 0 Å². The van der Waals surface area contributed by atoms with E-state index >= 15 is 0 Å². The predicted molar refractivity (Wildman–Crippen MR) is 158 cm³/mol. The summed E-state index contributed by atoms with van der Waals surface area (Å²) < 4.78 is 21.6. The average Bonchev–Trinajstić information content (AvgIpc) is 3.46. The lowest BCUT2D eigenvalue weighted by Gasteiger charge is -2.30. The molecule has 210 valence electrons. The predicted octanol–water partition coefficient (Wildman–Crippen LogP) is 8.34. The van der Waals surface area contributed by atoms with Crippen LogP contribution in [0.2, 0.25) is 0 Å². The van der Waals surface area contributed by atoms with Gasteiger partial charge in [0, 0.05) is 12.3 Å². The summed E-state index contributed by atoms with van der Waals surface area (Å²) in [5.41, 5.74) is 6.17. The molecular formula is C35H34O6. The van der Waals surface area contributed by atoms with Crippen LogP contribution in [-0.2, 0) is 10.2 Å². The Kier molecular flexibility index (Phi) is 8.11. The van der Waals surface area contributed by atoms with Crippen molar-refractivity contribution in [2.24, 2.45) is 0 Å². The molecule has 41 heavy (non-hydrogen) atoms. The number of aryl methyl sites for hydroxylation is 2. The largest absolute Gasteiger partial charge is 0.519 e. The van der Waals surface area contributed by atoms with Gasteiger partial charge in [0.05, 0.1) is 7.11 Å². The fourth-order valence-electron chi connectivity index (χ4n) is 5.78. The maximum atomic E-state index is 12.6. The zero-order chi connectivity index (χ0) is 29.0. The molecule has 0 aromatic heterocycles. The van der Waals surface area contributed by atoms with Crippen LogP contribution in [0.1, 0.15) is 54.9 Å². The molecule has 0 heterocycles. The first-order valence-corrected chi connectivity index (χ1v) is 13.8. The molecule has 4 aromatic rings. The Bertz CT molecular complexity index is 1550. The summed E-state index contributed by atoms with van der Waals surface area (Å²) in [5.74, 6) is 1.91. The standard InChI is InChI=1S/C35H34O6/c1-23-21-26(7-17-32(23)38-4)27-8-18-33(24(2)22-27)41-34(37)40-31-15-11-29(12-16-31)35(19-5-6-20-35)28-9-13-30(14-10-28)39-25(3)36/h7-18,21-22H,5-6,19-20H2,1-4H3. The SMILES string of the molecule is COc1ccc(-c2ccc(OC(=O)Oc3ccc(C4(c5ccc(OC(C)=O)cc5)CCCC4)cc3)c(C)c2)cc1C. The van der Waals surface area contributed by atoms with Gasteiger partial charge in [-0.1, -0.05) is 49.2 Å². The van der Waals surface area contributed by atoms with Crippen molar-refractivity contribution in [1.82, 2.24) is 0 Å². The minimum Gasteiger partial charge on any atom is -0.496 e. The molecule has 1 fully saturated rings. The molecule has 1 saturated carbocycles. The molecule has 0 radical (unpaired) electrons. The van der Waals surface area contributed by atoms with Crippen LogP contribution in [-0.4, -0.2) is 19.2 Å². The molecule has 1 aliphatic rings. The van der Waals surface area contributed by atoms with E-state index in [2.05, 4.69) is 6.07 Å². The van der Waals surface area contributed by atoms with Crippen LogP contribution in [0.5, 0.6) is 23.0 Å². The van der Waals surface area contributed by atoms with E-state index < -0.39 is 6.16 Å². The molecule has 0 aliphatic heterocycles. The first kappa shape index (κ1) is 28.0. The highest BCUT2D eigenvalue weighted by molar-refractivity contribution is 5.71. The number of carbonyl (C=O) groups is 2. The first-order chi connectivity index (χ1) is 19.8. The number of carbonyl (C=O) groups excluding carboxylic acids is 2. The van der Waals surface area contributed by atoms with Crippen molar-refractivity contribution in [3.8, 4) is 34.1 Å². The Hall–Kier alpha value is -4.58. The summed E-state index contributed by atoms with van der Waals surface area (Å²) in [4.78, 5) is 23.9. The third-order valence-electron chi connectivity index (χ3n) is 7.83. The topological polar surface area (TPSA) is 71.1 Å². The van der Waals surface area contributed by atoms with Gasteiger partial charge in [-0.2, -0.15) is 0 Å². The fraction of sp³-hybridized carbons (Fsp3) is 0.257. The number of hydrogen-bond acceptors (Lipinski definition) is 6. The normalized spacial score (nSPS) is 13.9. The van der Waals surface area contributed by atoms with E-state index in [9.17, 15) is 9.59 Å². The van der Waals surface area contributed by atoms with Gasteiger partial charge < -0.3 is 18.9 Å². The van der Waals surface area contributed by atoms with Crippen molar-refractivity contribution in [2.75, 3.05) is 7.11 Å². The third kappa shape index (κ3) is 6.12. The first-order valence-electron chi connectivity index (χ1n) is 13.8. The summed E-state index contributed by atoms with van der Waals surface area (Å²) in [7, 11) is 1.66. The third-order valence-corrected chi connectivity index (χ3v) is 7.83. The van der Waals surface area contributed by atoms with Crippen molar-refractivity contribution >= 4 is 12.1 Å². The van der Waals surface area contributed by atoms with Gasteiger partial charge in [-0.25, -0.2) is 4.79 Å². The number of esters is 1. The Balaban J connectivity index is 1.26. The van der Waals surface area contributed by atoms with Gasteiger partial charge in [0.15, 0.2) is 0 Å². The molecule has 0 spiro atoms. The number of benzene rings is 4. The van der Waals surface area contributed by atoms with E-state index in [-0.39, 0.29) is 11.4 Å². The highest BCUT2D eigenvalue weighted by Gasteiger charge is 2.37. The molecule has 5 rings (SSSR count). The number of hydrogen-bond donors (Lipinski definition) is 0. The molecule has 6 nitrogen and oxygen atoms in total. The molecule has 6 heteroatoms. The van der Waals surface area contributed by atoms with Gasteiger partial charge in [-0.3, -0.25) is 4.79 Å². The molecule has 1 aliphatic carbocycles. The van der Waals surface area contributed by atoms with Gasteiger partial charge in [-0.15, -0.1) is 0 Å². The van der Waals surface area contributed by atoms with Crippen LogP contribution >= 0.6 is 0 Å². The lowest BCUT2D eigenvalue weighted by molar-refractivity contribution is -0.131. The Morgan fingerprint density at radius 1 is 0.634 bits per heavy atom. The number of ether oxygens (including phenoxy) is 4. The van der Waals surface area contributed by atoms with Crippen LogP contribution in [0.15, 0.2) is 84.9 Å². The van der Waals surface area contributed by atoms with Crippen molar-refractivity contribution < 1.29 is 28.5 Å². The van der Waals surface area contributed by atoms with Crippen molar-refractivity contribution in [3.63, 3.8) is 0 Å². The van der Waals surface area contributed by atoms with Crippen molar-refractivity contribution in [1.29, 1.82) is 0 Å². The Morgan fingerprint density at radius 3 is 1.59 bits per heavy atom. The Morgan fingerprint density at radius 2 is 1.12 bits per heavy atom. The summed E-state index contributed by atoms with van der Waals surface area (Å²) in [6.07, 6.45) is 3.52. The molecule has 0 N–H and O–H groups in total. The van der Waals surface area contributed by atoms with Gasteiger partial charge in [0.2, 0.25) is 0 Å². The van der Waals surface area contributed by atoms with Crippen LogP contribution < -0.4 is 18.9 Å². The zero-order valence-electron chi connectivity index (χ0n) is 23.9. The molecular weight excluding hydrogens is 516 g/mol. The number of rotatable bonds is 7. The lowest BCUT2D eigenvalue weighted by atomic mass is 9.73. The van der Waals surface area contributed by atoms with Crippen molar-refractivity contribution in [2.45, 2.75) is 51.9 Å². The lowest BCUT2D eigenvalue weighted by Crippen LogP contribution is -2.23. The minimum absolute atomic E-state index is 0.130. The van der Waals surface area contributed by atoms with Crippen LogP contribution in [0.25, 0.3) is 11.1 Å². The van der Waals surface area contributed by atoms with Crippen LogP contribution in [0.4, 0.5) is 4.79 Å². The average molecular weight is 551 g/mol. The summed E-state index contributed by atoms with van der Waals surface area (Å²) >= 11 is 0. The molecule has 0 amide bonds. The minimum atomic E-state index is -0.787. The summed E-state index contributed by atoms with van der Waals surface area (Å²) in [6.45, 7) is 5.30. The maximum absolute atomic E-state index is 12.6. The smallest absolute Gasteiger partial charge is 0.496 e. The van der Waals surface area contributed by atoms with E-state index in [1.54, 1.807) is 13.2 Å². The molecule has 4 aromatic carbocycles. The molecule has 0 bridgehead atoms. The highest BCUT2D eigenvalue weighted by Crippen LogP contribution is 2.47. The van der Waals surface area contributed by atoms with E-state index in [0.29, 0.717) is 17.2 Å². The zero-order valence-corrected chi connectivity index (χ0v) is 23.9. The van der Waals surface area contributed by atoms with Gasteiger partial charge in [0.1, 0.15) is 23.0 Å². The maximum Gasteiger partial charge on any atom is 0.519 e. The van der Waals surface area contributed by atoms with Gasteiger partial charge >= 0.3 is 12.1 Å². The summed E-state index contributed by atoms with van der Waals surface area (Å²) in [5, 5.41) is 0. The molecule has 0 atom stereocenters. The second-order valence-corrected chi connectivity index (χ2v) is 10.6. The quantitative estimate of drug-likeness (QED) is 0.131. The van der Waals surface area contributed by atoms with Gasteiger partial charge in [-0.05, 0) is 109 Å². The van der Waals surface area contributed by atoms with E-state index in [4.69, 9.17) is 18.9 Å². The van der Waals surface area contributed by atoms with Crippen LogP contribution in [0.3, 0.4) is 0 Å². The number of methoxy groups -OCH3 is 1. The van der Waals surface area contributed by atoms with Crippen LogP contribution in [0, 0.1) is 13.8 Å². The molecule has 0 saturated heterocycles.